The van der Waals surface area contributed by atoms with E-state index in [4.69, 9.17) is 4.74 Å². The van der Waals surface area contributed by atoms with Crippen LogP contribution in [0.3, 0.4) is 0 Å². The van der Waals surface area contributed by atoms with E-state index in [1.165, 1.54) is 11.1 Å². The van der Waals surface area contributed by atoms with Crippen molar-refractivity contribution in [3.63, 3.8) is 0 Å². The fraction of sp³-hybridized carbons (Fsp3) is 0.350. The first-order valence-corrected chi connectivity index (χ1v) is 8.44. The molecule has 0 spiro atoms. The minimum absolute atomic E-state index is 0.863. The topological polar surface area (TPSA) is 28.1 Å². The van der Waals surface area contributed by atoms with Crippen molar-refractivity contribution in [2.45, 2.75) is 13.5 Å². The maximum atomic E-state index is 5.24. The third kappa shape index (κ3) is 4.59. The van der Waals surface area contributed by atoms with Crippen LogP contribution in [-0.4, -0.2) is 49.4 Å². The van der Waals surface area contributed by atoms with E-state index in [1.54, 1.807) is 7.11 Å². The van der Waals surface area contributed by atoms with Crippen molar-refractivity contribution in [2.75, 3.05) is 33.3 Å². The first-order chi connectivity index (χ1) is 11.7. The van der Waals surface area contributed by atoms with Crippen LogP contribution in [0.15, 0.2) is 53.6 Å². The minimum atomic E-state index is 0.863. The van der Waals surface area contributed by atoms with Crippen LogP contribution in [0, 0.1) is 6.92 Å². The average molecular weight is 323 g/mol. The molecule has 1 saturated heterocycles. The Labute approximate surface area is 144 Å². The zero-order valence-corrected chi connectivity index (χ0v) is 14.5. The summed E-state index contributed by atoms with van der Waals surface area (Å²) >= 11 is 0. The predicted octanol–water partition coefficient (Wildman–Crippen LogP) is 3.16. The molecule has 24 heavy (non-hydrogen) atoms. The molecule has 1 aliphatic rings. The van der Waals surface area contributed by atoms with Crippen LogP contribution < -0.4 is 4.74 Å². The molecule has 0 saturated carbocycles. The maximum Gasteiger partial charge on any atom is 0.119 e. The number of hydrogen-bond acceptors (Lipinski definition) is 4. The van der Waals surface area contributed by atoms with Crippen LogP contribution in [0.25, 0.3) is 0 Å². The van der Waals surface area contributed by atoms with E-state index in [2.05, 4.69) is 46.2 Å². The van der Waals surface area contributed by atoms with Crippen molar-refractivity contribution in [3.8, 4) is 5.75 Å². The third-order valence-electron chi connectivity index (χ3n) is 4.34. The molecule has 126 valence electrons. The molecule has 0 radical (unpaired) electrons. The summed E-state index contributed by atoms with van der Waals surface area (Å²) in [6.45, 7) is 7.17. The summed E-state index contributed by atoms with van der Waals surface area (Å²) in [6, 6.07) is 16.8. The number of hydrogen-bond donors (Lipinski definition) is 0. The van der Waals surface area contributed by atoms with Crippen LogP contribution in [-0.2, 0) is 6.54 Å². The molecule has 2 aromatic carbocycles. The molecule has 2 aromatic rings. The number of piperazine rings is 1. The molecule has 4 heteroatoms. The van der Waals surface area contributed by atoms with Gasteiger partial charge < -0.3 is 4.74 Å². The molecule has 3 rings (SSSR count). The molecule has 4 nitrogen and oxygen atoms in total. The van der Waals surface area contributed by atoms with E-state index >= 15 is 0 Å². The Morgan fingerprint density at radius 3 is 2.50 bits per heavy atom. The van der Waals surface area contributed by atoms with Crippen molar-refractivity contribution in [3.05, 3.63) is 65.2 Å². The number of methoxy groups -OCH3 is 1. The van der Waals surface area contributed by atoms with Gasteiger partial charge in [-0.3, -0.25) is 9.91 Å². The van der Waals surface area contributed by atoms with Crippen LogP contribution in [0.1, 0.15) is 16.7 Å². The number of aryl methyl sites for hydroxylation is 1. The Balaban J connectivity index is 1.49. The fourth-order valence-corrected chi connectivity index (χ4v) is 2.83. The summed E-state index contributed by atoms with van der Waals surface area (Å²) in [5, 5.41) is 6.75. The molecule has 0 aromatic heterocycles. The highest BCUT2D eigenvalue weighted by Crippen LogP contribution is 2.12. The Morgan fingerprint density at radius 1 is 1.04 bits per heavy atom. The molecular weight excluding hydrogens is 298 g/mol. The van der Waals surface area contributed by atoms with Gasteiger partial charge in [0.2, 0.25) is 0 Å². The summed E-state index contributed by atoms with van der Waals surface area (Å²) in [6.07, 6.45) is 1.91. The maximum absolute atomic E-state index is 5.24. The van der Waals surface area contributed by atoms with Gasteiger partial charge in [-0.25, -0.2) is 0 Å². The summed E-state index contributed by atoms with van der Waals surface area (Å²) in [5.41, 5.74) is 3.76. The number of hydrazone groups is 1. The second kappa shape index (κ2) is 7.97. The molecule has 0 amide bonds. The first kappa shape index (κ1) is 16.5. The number of nitrogens with zero attached hydrogens (tertiary/aromatic N) is 3. The standard InChI is InChI=1S/C20H25N3O/c1-17-6-8-18(9-7-17)16-22-10-12-23(13-11-22)21-15-19-4-3-5-20(14-19)24-2/h3-9,14-15H,10-13,16H2,1-2H3/b21-15-. The second-order valence-electron chi connectivity index (χ2n) is 6.24. The van der Waals surface area contributed by atoms with Crippen LogP contribution in [0.4, 0.5) is 0 Å². The number of ether oxygens (including phenoxy) is 1. The quantitative estimate of drug-likeness (QED) is 0.791. The Morgan fingerprint density at radius 2 is 1.79 bits per heavy atom. The molecule has 0 N–H and O–H groups in total. The molecular formula is C20H25N3O. The van der Waals surface area contributed by atoms with Crippen molar-refractivity contribution in [2.24, 2.45) is 5.10 Å². The van der Waals surface area contributed by atoms with Crippen LogP contribution in [0.2, 0.25) is 0 Å². The molecule has 0 aliphatic carbocycles. The highest BCUT2D eigenvalue weighted by Gasteiger charge is 2.15. The average Bonchev–Trinajstić information content (AvgIpc) is 2.63. The van der Waals surface area contributed by atoms with Crippen LogP contribution in [0.5, 0.6) is 5.75 Å². The van der Waals surface area contributed by atoms with Gasteiger partial charge >= 0.3 is 0 Å². The smallest absolute Gasteiger partial charge is 0.119 e. The van der Waals surface area contributed by atoms with Gasteiger partial charge in [0.1, 0.15) is 5.75 Å². The Kier molecular flexibility index (Phi) is 5.49. The molecule has 1 fully saturated rings. The zero-order valence-electron chi connectivity index (χ0n) is 14.5. The monoisotopic (exact) mass is 323 g/mol. The van der Waals surface area contributed by atoms with Crippen molar-refractivity contribution < 1.29 is 4.74 Å². The predicted molar refractivity (Wildman–Crippen MR) is 98.6 cm³/mol. The van der Waals surface area contributed by atoms with Gasteiger partial charge in [-0.15, -0.1) is 0 Å². The number of rotatable bonds is 5. The van der Waals surface area contributed by atoms with Gasteiger partial charge in [0, 0.05) is 32.7 Å². The summed E-state index contributed by atoms with van der Waals surface area (Å²) in [5.74, 6) is 0.863. The van der Waals surface area contributed by atoms with E-state index in [9.17, 15) is 0 Å². The summed E-state index contributed by atoms with van der Waals surface area (Å²) in [4.78, 5) is 2.49. The Hall–Kier alpha value is -2.33. The first-order valence-electron chi connectivity index (χ1n) is 8.44. The second-order valence-corrected chi connectivity index (χ2v) is 6.24. The van der Waals surface area contributed by atoms with Gasteiger partial charge in [-0.1, -0.05) is 42.0 Å². The van der Waals surface area contributed by atoms with Gasteiger partial charge in [0.05, 0.1) is 13.3 Å². The van der Waals surface area contributed by atoms with Crippen molar-refractivity contribution in [1.82, 2.24) is 9.91 Å². The van der Waals surface area contributed by atoms with Gasteiger partial charge in [-0.2, -0.15) is 5.10 Å². The molecule has 1 aliphatic heterocycles. The number of benzene rings is 2. The lowest BCUT2D eigenvalue weighted by molar-refractivity contribution is 0.131. The van der Waals surface area contributed by atoms with E-state index in [1.807, 2.05) is 30.5 Å². The highest BCUT2D eigenvalue weighted by atomic mass is 16.5. The van der Waals surface area contributed by atoms with Crippen LogP contribution >= 0.6 is 0 Å². The zero-order chi connectivity index (χ0) is 16.8. The molecule has 0 atom stereocenters. The van der Waals surface area contributed by atoms with E-state index in [-0.39, 0.29) is 0 Å². The lowest BCUT2D eigenvalue weighted by Gasteiger charge is -2.33. The summed E-state index contributed by atoms with van der Waals surface area (Å²) in [7, 11) is 1.68. The lowest BCUT2D eigenvalue weighted by Crippen LogP contribution is -2.43. The van der Waals surface area contributed by atoms with E-state index < -0.39 is 0 Å². The van der Waals surface area contributed by atoms with Crippen molar-refractivity contribution in [1.29, 1.82) is 0 Å². The van der Waals surface area contributed by atoms with E-state index in [0.29, 0.717) is 0 Å². The normalized spacial score (nSPS) is 15.8. The fourth-order valence-electron chi connectivity index (χ4n) is 2.83. The van der Waals surface area contributed by atoms with Gasteiger partial charge in [0.15, 0.2) is 0 Å². The van der Waals surface area contributed by atoms with Gasteiger partial charge in [0.25, 0.3) is 0 Å². The largest absolute Gasteiger partial charge is 0.497 e. The Bertz CT molecular complexity index is 674. The molecule has 1 heterocycles. The lowest BCUT2D eigenvalue weighted by atomic mass is 10.1. The minimum Gasteiger partial charge on any atom is -0.497 e. The highest BCUT2D eigenvalue weighted by molar-refractivity contribution is 5.79. The molecule has 0 bridgehead atoms. The van der Waals surface area contributed by atoms with E-state index in [0.717, 1.165) is 44.0 Å². The third-order valence-corrected chi connectivity index (χ3v) is 4.34. The van der Waals surface area contributed by atoms with Crippen molar-refractivity contribution >= 4 is 6.21 Å². The SMILES string of the molecule is COc1cccc(/C=N\N2CCN(Cc3ccc(C)cc3)CC2)c1. The summed E-state index contributed by atoms with van der Waals surface area (Å²) < 4.78 is 5.24. The molecule has 0 unspecified atom stereocenters. The van der Waals surface area contributed by atoms with Gasteiger partial charge in [-0.05, 0) is 30.2 Å².